The molecule has 0 aromatic rings. The van der Waals surface area contributed by atoms with Crippen LogP contribution < -0.4 is 29.6 Å². The summed E-state index contributed by atoms with van der Waals surface area (Å²) in [6.07, 6.45) is 0.416. The van der Waals surface area contributed by atoms with Crippen molar-refractivity contribution in [3.05, 3.63) is 0 Å². The molecular weight excluding hydrogens is 177 g/mol. The fourth-order valence-electron chi connectivity index (χ4n) is 0.558. The second kappa shape index (κ2) is 6.39. The number of nitrogens with zero attached hydrogens (tertiary/aromatic N) is 1. The van der Waals surface area contributed by atoms with E-state index >= 15 is 0 Å². The maximum atomic E-state index is 10.0. The normalized spacial score (nSPS) is 11.3. The average Bonchev–Trinajstić information content (AvgIpc) is 1.59. The first-order chi connectivity index (χ1) is 4.42. The summed E-state index contributed by atoms with van der Waals surface area (Å²) in [4.78, 5) is 1.84. The van der Waals surface area contributed by atoms with E-state index in [1.54, 1.807) is 0 Å². The molecule has 62 valence electrons. The van der Waals surface area contributed by atoms with Gasteiger partial charge in [0, 0.05) is 5.75 Å². The van der Waals surface area contributed by atoms with Crippen LogP contribution in [0.4, 0.5) is 0 Å². The van der Waals surface area contributed by atoms with Crippen molar-refractivity contribution >= 4 is 10.1 Å². The molecule has 0 N–H and O–H groups in total. The standard InChI is InChI=1S/C5H13NO3S.Na/c1-6(2)4-3-5-10(7,8)9;/h3-5H2,1-2H3,(H,7,8,9);/q;+1/p-1. The van der Waals surface area contributed by atoms with Crippen molar-refractivity contribution in [3.63, 3.8) is 0 Å². The van der Waals surface area contributed by atoms with Gasteiger partial charge in [-0.25, -0.2) is 8.42 Å². The summed E-state index contributed by atoms with van der Waals surface area (Å²) in [5.41, 5.74) is 0. The van der Waals surface area contributed by atoms with Crippen LogP contribution >= 0.6 is 0 Å². The monoisotopic (exact) mass is 189 g/mol. The maximum absolute atomic E-state index is 10.0. The van der Waals surface area contributed by atoms with E-state index in [0.717, 1.165) is 0 Å². The molecule has 0 aromatic heterocycles. The minimum atomic E-state index is -4.00. The summed E-state index contributed by atoms with van der Waals surface area (Å²) >= 11 is 0. The summed E-state index contributed by atoms with van der Waals surface area (Å²) in [5, 5.41) is 0. The largest absolute Gasteiger partial charge is 1.00 e. The first kappa shape index (κ1) is 14.4. The Labute approximate surface area is 90.0 Å². The molecule has 0 atom stereocenters. The van der Waals surface area contributed by atoms with Gasteiger partial charge in [0.05, 0.1) is 10.1 Å². The van der Waals surface area contributed by atoms with Crippen molar-refractivity contribution in [2.75, 3.05) is 26.4 Å². The van der Waals surface area contributed by atoms with E-state index in [1.165, 1.54) is 0 Å². The molecule has 0 aromatic carbocycles. The molecule has 0 rings (SSSR count). The Bertz CT molecular complexity index is 178. The zero-order valence-electron chi connectivity index (χ0n) is 7.20. The van der Waals surface area contributed by atoms with E-state index < -0.39 is 10.1 Å². The molecule has 0 heterocycles. The van der Waals surface area contributed by atoms with Gasteiger partial charge in [-0.1, -0.05) is 0 Å². The summed E-state index contributed by atoms with van der Waals surface area (Å²) in [7, 11) is -0.335. The molecule has 0 aliphatic rings. The van der Waals surface area contributed by atoms with Gasteiger partial charge in [0.25, 0.3) is 0 Å². The molecule has 0 radical (unpaired) electrons. The summed E-state index contributed by atoms with van der Waals surface area (Å²) in [5.74, 6) is -0.259. The van der Waals surface area contributed by atoms with Crippen LogP contribution in [-0.2, 0) is 10.1 Å². The van der Waals surface area contributed by atoms with Crippen LogP contribution in [0.15, 0.2) is 0 Å². The second-order valence-corrected chi connectivity index (χ2v) is 3.94. The molecule has 0 amide bonds. The smallest absolute Gasteiger partial charge is 0.748 e. The molecule has 0 saturated carbocycles. The van der Waals surface area contributed by atoms with E-state index in [0.29, 0.717) is 13.0 Å². The van der Waals surface area contributed by atoms with Crippen molar-refractivity contribution in [2.24, 2.45) is 0 Å². The van der Waals surface area contributed by atoms with Crippen LogP contribution in [0, 0.1) is 0 Å². The quantitative estimate of drug-likeness (QED) is 0.340. The molecule has 11 heavy (non-hydrogen) atoms. The van der Waals surface area contributed by atoms with Gasteiger partial charge in [0.2, 0.25) is 0 Å². The Kier molecular flexibility index (Phi) is 8.37. The third-order valence-electron chi connectivity index (χ3n) is 1.000. The minimum Gasteiger partial charge on any atom is -0.748 e. The van der Waals surface area contributed by atoms with Crippen molar-refractivity contribution in [1.82, 2.24) is 4.90 Å². The van der Waals surface area contributed by atoms with Crippen LogP contribution in [0.5, 0.6) is 0 Å². The van der Waals surface area contributed by atoms with Gasteiger partial charge in [-0.2, -0.15) is 0 Å². The molecule has 0 aliphatic carbocycles. The molecule has 0 unspecified atom stereocenters. The fourth-order valence-corrected chi connectivity index (χ4v) is 1.04. The Morgan fingerprint density at radius 2 is 1.82 bits per heavy atom. The Balaban J connectivity index is 0. The van der Waals surface area contributed by atoms with E-state index in [9.17, 15) is 13.0 Å². The molecule has 0 saturated heterocycles. The third kappa shape index (κ3) is 13.8. The van der Waals surface area contributed by atoms with Gasteiger partial charge in [-0.15, -0.1) is 0 Å². The molecular formula is C5H12NNaO3S. The zero-order valence-corrected chi connectivity index (χ0v) is 10.0. The van der Waals surface area contributed by atoms with Crippen molar-refractivity contribution < 1.29 is 42.5 Å². The second-order valence-electron chi connectivity index (χ2n) is 2.42. The maximum Gasteiger partial charge on any atom is 1.00 e. The van der Waals surface area contributed by atoms with Crippen molar-refractivity contribution in [3.8, 4) is 0 Å². The van der Waals surface area contributed by atoms with Crippen LogP contribution in [0.3, 0.4) is 0 Å². The molecule has 0 bridgehead atoms. The molecule has 0 fully saturated rings. The van der Waals surface area contributed by atoms with E-state index in [1.807, 2.05) is 19.0 Å². The average molecular weight is 189 g/mol. The van der Waals surface area contributed by atoms with Gasteiger partial charge >= 0.3 is 29.6 Å². The van der Waals surface area contributed by atoms with Crippen molar-refractivity contribution in [1.29, 1.82) is 0 Å². The third-order valence-corrected chi connectivity index (χ3v) is 1.79. The Hall–Kier alpha value is 0.870. The van der Waals surface area contributed by atoms with E-state index in [2.05, 4.69) is 0 Å². The van der Waals surface area contributed by atoms with Gasteiger partial charge in [-0.05, 0) is 27.1 Å². The van der Waals surface area contributed by atoms with Crippen LogP contribution in [0.25, 0.3) is 0 Å². The predicted octanol–water partition coefficient (Wildman–Crippen LogP) is -3.51. The molecule has 0 aliphatic heterocycles. The van der Waals surface area contributed by atoms with Crippen LogP contribution in [0.1, 0.15) is 6.42 Å². The van der Waals surface area contributed by atoms with E-state index in [4.69, 9.17) is 0 Å². The summed E-state index contributed by atoms with van der Waals surface area (Å²) < 4.78 is 30.1. The molecule has 0 spiro atoms. The van der Waals surface area contributed by atoms with E-state index in [-0.39, 0.29) is 35.3 Å². The summed E-state index contributed by atoms with van der Waals surface area (Å²) in [6, 6.07) is 0. The van der Waals surface area contributed by atoms with Gasteiger partial charge < -0.3 is 9.45 Å². The van der Waals surface area contributed by atoms with Gasteiger partial charge in [0.15, 0.2) is 0 Å². The van der Waals surface area contributed by atoms with Crippen LogP contribution in [0.2, 0.25) is 0 Å². The summed E-state index contributed by atoms with van der Waals surface area (Å²) in [6.45, 7) is 0.640. The van der Waals surface area contributed by atoms with Gasteiger partial charge in [-0.3, -0.25) is 0 Å². The SMILES string of the molecule is CN(C)CCCS(=O)(=O)[O-].[Na+]. The molecule has 6 heteroatoms. The van der Waals surface area contributed by atoms with Crippen molar-refractivity contribution in [2.45, 2.75) is 6.42 Å². The zero-order chi connectivity index (χ0) is 8.20. The number of hydrogen-bond acceptors (Lipinski definition) is 4. The topological polar surface area (TPSA) is 60.4 Å². The van der Waals surface area contributed by atoms with Gasteiger partial charge in [0.1, 0.15) is 0 Å². The number of rotatable bonds is 4. The predicted molar refractivity (Wildman–Crippen MR) is 37.7 cm³/mol. The Morgan fingerprint density at radius 1 is 1.36 bits per heavy atom. The Morgan fingerprint density at radius 3 is 2.09 bits per heavy atom. The fraction of sp³-hybridized carbons (Fsp3) is 1.00. The first-order valence-electron chi connectivity index (χ1n) is 3.00. The minimum absolute atomic E-state index is 0. The molecule has 4 nitrogen and oxygen atoms in total. The van der Waals surface area contributed by atoms with Crippen LogP contribution in [-0.4, -0.2) is 44.3 Å². The number of hydrogen-bond donors (Lipinski definition) is 0. The first-order valence-corrected chi connectivity index (χ1v) is 4.58.